The van der Waals surface area contributed by atoms with Gasteiger partial charge in [0, 0.05) is 0 Å². The molecule has 0 fully saturated rings. The largest absolute Gasteiger partial charge is 0.248 e. The van der Waals surface area contributed by atoms with E-state index in [4.69, 9.17) is 22.2 Å². The van der Waals surface area contributed by atoms with Crippen LogP contribution in [0.15, 0.2) is 60.7 Å². The van der Waals surface area contributed by atoms with Crippen molar-refractivity contribution in [2.24, 2.45) is 0 Å². The smallest absolute Gasteiger partial charge is 0.146 e. The number of benzene rings is 2. The number of hydrogen-bond donors (Lipinski definition) is 0. The van der Waals surface area contributed by atoms with Crippen LogP contribution in [0.2, 0.25) is 25.2 Å². The van der Waals surface area contributed by atoms with Gasteiger partial charge in [-0.2, -0.15) is 0 Å². The number of hydrogen-bond acceptors (Lipinski definition) is 0. The van der Waals surface area contributed by atoms with Crippen molar-refractivity contribution in [3.05, 3.63) is 60.7 Å². The van der Waals surface area contributed by atoms with Gasteiger partial charge >= 0.3 is 0 Å². The fourth-order valence-electron chi connectivity index (χ4n) is 2.82. The summed E-state index contributed by atoms with van der Waals surface area (Å²) in [6.45, 7) is 2.48. The Morgan fingerprint density at radius 3 is 1.52 bits per heavy atom. The molecule has 0 aromatic heterocycles. The summed E-state index contributed by atoms with van der Waals surface area (Å²) in [6, 6.07) is 24.0. The molecule has 0 unspecified atom stereocenters. The van der Waals surface area contributed by atoms with Gasteiger partial charge in [-0.3, -0.25) is 0 Å². The van der Waals surface area contributed by atoms with E-state index in [0.29, 0.717) is 0 Å². The first-order chi connectivity index (χ1) is 9.92. The minimum atomic E-state index is -1.99. The van der Waals surface area contributed by atoms with Crippen LogP contribution in [-0.2, 0) is 0 Å². The Hall–Kier alpha value is -0.546. The molecule has 0 amide bonds. The van der Waals surface area contributed by atoms with Crippen LogP contribution in [0.25, 0.3) is 0 Å². The molecule has 0 saturated heterocycles. The molecule has 0 nitrogen and oxygen atoms in total. The van der Waals surface area contributed by atoms with Crippen molar-refractivity contribution in [1.82, 2.24) is 0 Å². The molecule has 0 aliphatic heterocycles. The molecule has 0 aliphatic rings. The topological polar surface area (TPSA) is 0 Å². The van der Waals surface area contributed by atoms with E-state index < -0.39 is 14.8 Å². The molecule has 0 spiro atoms. The van der Waals surface area contributed by atoms with E-state index in [-0.39, 0.29) is 0 Å². The predicted molar refractivity (Wildman–Crippen MR) is 101 cm³/mol. The van der Waals surface area contributed by atoms with Crippen molar-refractivity contribution >= 4 is 47.3 Å². The normalized spacial score (nSPS) is 12.4. The van der Waals surface area contributed by atoms with Gasteiger partial charge in [-0.1, -0.05) is 84.0 Å². The first kappa shape index (κ1) is 16.8. The van der Waals surface area contributed by atoms with Crippen LogP contribution in [0.4, 0.5) is 0 Å². The second-order valence-corrected chi connectivity index (χ2v) is 18.5. The van der Waals surface area contributed by atoms with Crippen molar-refractivity contribution in [3.8, 4) is 0 Å². The predicted octanol–water partition coefficient (Wildman–Crippen LogP) is 4.82. The Morgan fingerprint density at radius 2 is 1.14 bits per heavy atom. The third-order valence-electron chi connectivity index (χ3n) is 4.11. The van der Waals surface area contributed by atoms with E-state index in [1.165, 1.54) is 16.4 Å². The Morgan fingerprint density at radius 1 is 0.714 bits per heavy atom. The van der Waals surface area contributed by atoms with E-state index in [1.807, 2.05) is 6.55 Å². The van der Waals surface area contributed by atoms with Crippen molar-refractivity contribution < 1.29 is 0 Å². The fourth-order valence-corrected chi connectivity index (χ4v) is 8.42. The first-order valence-corrected chi connectivity index (χ1v) is 14.8. The molecule has 0 saturated carbocycles. The van der Waals surface area contributed by atoms with Gasteiger partial charge in [0.1, 0.15) is 8.07 Å². The van der Waals surface area contributed by atoms with Gasteiger partial charge in [0.25, 0.3) is 0 Å². The third-order valence-corrected chi connectivity index (χ3v) is 11.0. The Labute approximate surface area is 139 Å². The van der Waals surface area contributed by atoms with Crippen LogP contribution in [0.3, 0.4) is 0 Å². The lowest BCUT2D eigenvalue weighted by atomic mass is 10.4. The highest BCUT2D eigenvalue weighted by molar-refractivity contribution is 7.44. The van der Waals surface area contributed by atoms with Gasteiger partial charge < -0.3 is 0 Å². The standard InChI is InChI=1S/C17H22Cl2Si2/c1-20(14-9-15-21(2,18)19,16-10-5-3-6-11-16)17-12-7-4-8-13-17/h3-8,10-13H,9,14-15H2,1-2H3. The zero-order chi connectivity index (χ0) is 15.3. The van der Waals surface area contributed by atoms with Gasteiger partial charge in [0.05, 0.1) is 0 Å². The van der Waals surface area contributed by atoms with Crippen LogP contribution < -0.4 is 10.4 Å². The molecule has 0 bridgehead atoms. The highest BCUT2D eigenvalue weighted by Crippen LogP contribution is 2.25. The summed E-state index contributed by atoms with van der Waals surface area (Å²) >= 11 is 12.5. The van der Waals surface area contributed by atoms with Crippen LogP contribution in [0.5, 0.6) is 0 Å². The van der Waals surface area contributed by atoms with E-state index in [2.05, 4.69) is 67.2 Å². The maximum absolute atomic E-state index is 6.27. The monoisotopic (exact) mass is 352 g/mol. The zero-order valence-corrected chi connectivity index (χ0v) is 16.2. The summed E-state index contributed by atoms with van der Waals surface area (Å²) in [6.07, 6.45) is 1.11. The van der Waals surface area contributed by atoms with Crippen LogP contribution in [-0.4, -0.2) is 14.8 Å². The highest BCUT2D eigenvalue weighted by Gasteiger charge is 2.32. The van der Waals surface area contributed by atoms with Crippen molar-refractivity contribution in [2.45, 2.75) is 31.6 Å². The maximum atomic E-state index is 6.27. The lowest BCUT2D eigenvalue weighted by Gasteiger charge is -2.29. The zero-order valence-electron chi connectivity index (χ0n) is 12.7. The van der Waals surface area contributed by atoms with Crippen molar-refractivity contribution in [1.29, 1.82) is 0 Å². The summed E-state index contributed by atoms with van der Waals surface area (Å²) in [7, 11) is -1.70. The summed E-state index contributed by atoms with van der Waals surface area (Å²) in [5.41, 5.74) is 0. The number of halogens is 2. The molecule has 0 atom stereocenters. The molecule has 0 N–H and O–H groups in total. The quantitative estimate of drug-likeness (QED) is 0.516. The molecule has 0 radical (unpaired) electrons. The summed E-state index contributed by atoms with van der Waals surface area (Å²) in [5.74, 6) is 0. The molecule has 2 aromatic carbocycles. The van der Waals surface area contributed by atoms with E-state index >= 15 is 0 Å². The van der Waals surface area contributed by atoms with Crippen molar-refractivity contribution in [2.75, 3.05) is 0 Å². The second kappa shape index (κ2) is 7.14. The Balaban J connectivity index is 2.27. The average molecular weight is 353 g/mol. The van der Waals surface area contributed by atoms with E-state index in [1.54, 1.807) is 0 Å². The van der Waals surface area contributed by atoms with Gasteiger partial charge in [-0.05, 0) is 18.6 Å². The lowest BCUT2D eigenvalue weighted by molar-refractivity contribution is 1.04. The SMILES string of the molecule is C[Si](Cl)(Cl)CCC[Si](C)(c1ccccc1)c1ccccc1. The molecule has 0 heterocycles. The van der Waals surface area contributed by atoms with Crippen LogP contribution in [0.1, 0.15) is 6.42 Å². The lowest BCUT2D eigenvalue weighted by Crippen LogP contribution is -2.55. The van der Waals surface area contributed by atoms with Crippen LogP contribution in [0, 0.1) is 0 Å². The molecular formula is C17H22Cl2Si2. The molecular weight excluding hydrogens is 331 g/mol. The summed E-state index contributed by atoms with van der Waals surface area (Å²) < 4.78 is 0. The van der Waals surface area contributed by atoms with Crippen LogP contribution >= 0.6 is 22.2 Å². The summed E-state index contributed by atoms with van der Waals surface area (Å²) in [5, 5.41) is 2.98. The molecule has 4 heteroatoms. The third kappa shape index (κ3) is 4.71. The second-order valence-electron chi connectivity index (χ2n) is 5.99. The van der Waals surface area contributed by atoms with Gasteiger partial charge in [-0.25, -0.2) is 0 Å². The van der Waals surface area contributed by atoms with Gasteiger partial charge in [0.2, 0.25) is 6.69 Å². The Kier molecular flexibility index (Phi) is 5.72. The fraction of sp³-hybridized carbons (Fsp3) is 0.294. The molecule has 2 rings (SSSR count). The Bertz CT molecular complexity index is 511. The number of rotatable bonds is 6. The van der Waals surface area contributed by atoms with Gasteiger partial charge in [-0.15, -0.1) is 22.2 Å². The highest BCUT2D eigenvalue weighted by atomic mass is 35.7. The van der Waals surface area contributed by atoms with E-state index in [9.17, 15) is 0 Å². The maximum Gasteiger partial charge on any atom is 0.248 e. The molecule has 112 valence electrons. The minimum Gasteiger partial charge on any atom is -0.146 e. The molecule has 21 heavy (non-hydrogen) atoms. The minimum absolute atomic E-state index is 0.971. The molecule has 0 aliphatic carbocycles. The molecule has 2 aromatic rings. The first-order valence-electron chi connectivity index (χ1n) is 7.41. The van der Waals surface area contributed by atoms with Gasteiger partial charge in [0.15, 0.2) is 0 Å². The van der Waals surface area contributed by atoms with E-state index in [0.717, 1.165) is 12.5 Å². The summed E-state index contributed by atoms with van der Waals surface area (Å²) in [4.78, 5) is 0. The average Bonchev–Trinajstić information content (AvgIpc) is 2.47. The van der Waals surface area contributed by atoms with Crippen molar-refractivity contribution in [3.63, 3.8) is 0 Å².